The molecule has 0 heterocycles. The summed E-state index contributed by atoms with van der Waals surface area (Å²) in [5, 5.41) is 3.62. The summed E-state index contributed by atoms with van der Waals surface area (Å²) in [5.74, 6) is -0.609. The highest BCUT2D eigenvalue weighted by Crippen LogP contribution is 2.33. The molecule has 3 rings (SSSR count). The summed E-state index contributed by atoms with van der Waals surface area (Å²) in [5.41, 5.74) is 0.775. The average Bonchev–Trinajstić information content (AvgIpc) is 3.00. The molecule has 12 heteroatoms. The first-order valence-corrected chi connectivity index (χ1v) is 17.4. The van der Waals surface area contributed by atoms with Crippen LogP contribution in [0, 0.1) is 0 Å². The Labute approximate surface area is 268 Å². The molecule has 0 saturated carbocycles. The number of nitrogens with one attached hydrogen (secondary N) is 1. The van der Waals surface area contributed by atoms with Gasteiger partial charge in [0.15, 0.2) is 0 Å². The second-order valence-corrected chi connectivity index (χ2v) is 13.1. The molecule has 0 fully saturated rings. The van der Waals surface area contributed by atoms with E-state index in [9.17, 15) is 18.0 Å². The number of halogens is 2. The zero-order chi connectivity index (χ0) is 31.6. The van der Waals surface area contributed by atoms with Crippen molar-refractivity contribution in [3.05, 3.63) is 82.3 Å². The predicted molar refractivity (Wildman–Crippen MR) is 175 cm³/mol. The number of carbonyl (C=O) groups excluding carboxylic acids is 2. The van der Waals surface area contributed by atoms with E-state index in [0.717, 1.165) is 9.20 Å². The van der Waals surface area contributed by atoms with E-state index in [1.54, 1.807) is 68.4 Å². The van der Waals surface area contributed by atoms with Gasteiger partial charge in [0, 0.05) is 28.0 Å². The molecule has 3 aromatic carbocycles. The monoisotopic (exact) mass is 665 g/mol. The van der Waals surface area contributed by atoms with Crippen LogP contribution in [0.3, 0.4) is 0 Å². The van der Waals surface area contributed by atoms with Crippen LogP contribution in [0.5, 0.6) is 5.75 Å². The number of amides is 2. The Bertz CT molecular complexity index is 1500. The summed E-state index contributed by atoms with van der Waals surface area (Å²) in [4.78, 5) is 29.8. The molecule has 0 bridgehead atoms. The maximum Gasteiger partial charge on any atom is 0.264 e. The summed E-state index contributed by atoms with van der Waals surface area (Å²) in [6.07, 6.45) is 2.91. The Morgan fingerprint density at radius 2 is 1.70 bits per heavy atom. The van der Waals surface area contributed by atoms with Gasteiger partial charge in [0.1, 0.15) is 18.3 Å². The highest BCUT2D eigenvalue weighted by molar-refractivity contribution is 7.98. The number of para-hydroxylation sites is 2. The maximum atomic E-state index is 14.3. The molecule has 8 nitrogen and oxygen atoms in total. The van der Waals surface area contributed by atoms with E-state index < -0.39 is 28.5 Å². The summed E-state index contributed by atoms with van der Waals surface area (Å²) in [6.45, 7) is 5.63. The molecule has 0 aliphatic rings. The number of carbonyl (C=O) groups is 2. The maximum absolute atomic E-state index is 14.3. The molecule has 232 valence electrons. The molecule has 43 heavy (non-hydrogen) atoms. The van der Waals surface area contributed by atoms with Gasteiger partial charge in [-0.2, -0.15) is 0 Å². The Hall–Kier alpha value is -2.92. The van der Waals surface area contributed by atoms with E-state index >= 15 is 0 Å². The summed E-state index contributed by atoms with van der Waals surface area (Å²) in [7, 11) is -4.25. The van der Waals surface area contributed by atoms with Crippen LogP contribution < -0.4 is 14.4 Å². The fourth-order valence-electron chi connectivity index (χ4n) is 4.45. The molecule has 1 atom stereocenters. The molecule has 0 aromatic heterocycles. The van der Waals surface area contributed by atoms with Crippen molar-refractivity contribution >= 4 is 62.5 Å². The van der Waals surface area contributed by atoms with Crippen molar-refractivity contribution in [1.29, 1.82) is 0 Å². The van der Waals surface area contributed by atoms with Crippen LogP contribution in [-0.2, 0) is 26.2 Å². The van der Waals surface area contributed by atoms with Crippen LogP contribution >= 0.6 is 35.0 Å². The fourth-order valence-corrected chi connectivity index (χ4v) is 6.75. The van der Waals surface area contributed by atoms with E-state index in [1.165, 1.54) is 28.8 Å². The lowest BCUT2D eigenvalue weighted by Gasteiger charge is -2.33. The number of hydrogen-bond donors (Lipinski definition) is 1. The zero-order valence-electron chi connectivity index (χ0n) is 24.7. The normalized spacial score (nSPS) is 12.0. The first-order valence-electron chi connectivity index (χ1n) is 14.0. The van der Waals surface area contributed by atoms with Crippen LogP contribution in [-0.4, -0.2) is 57.1 Å². The third-order valence-electron chi connectivity index (χ3n) is 6.65. The predicted octanol–water partition coefficient (Wildman–Crippen LogP) is 6.64. The number of hydrogen-bond acceptors (Lipinski definition) is 6. The van der Waals surface area contributed by atoms with Gasteiger partial charge in [-0.1, -0.05) is 55.2 Å². The highest BCUT2D eigenvalue weighted by atomic mass is 35.5. The standard InChI is InChI=1S/C31H37Cl2N3O5S2/c1-5-18-34-31(38)27(6-2)35(20-22-12-13-23(32)19-26(22)33)30(37)21-36(28-10-8-9-11-29(28)41-7-3)43(39,40)25-16-14-24(42-4)15-17-25/h8-17,19,27H,5-7,18,20-21H2,1-4H3,(H,34,38)/t27-/m1/s1. The van der Waals surface area contributed by atoms with Crippen molar-refractivity contribution in [2.24, 2.45) is 0 Å². The lowest BCUT2D eigenvalue weighted by Crippen LogP contribution is -2.52. The summed E-state index contributed by atoms with van der Waals surface area (Å²) in [6, 6.07) is 17.1. The third kappa shape index (κ3) is 8.81. The Morgan fingerprint density at radius 3 is 2.30 bits per heavy atom. The van der Waals surface area contributed by atoms with E-state index in [1.807, 2.05) is 13.2 Å². The second-order valence-electron chi connectivity index (χ2n) is 9.56. The first kappa shape index (κ1) is 34.6. The minimum atomic E-state index is -4.25. The van der Waals surface area contributed by atoms with Gasteiger partial charge < -0.3 is 15.0 Å². The van der Waals surface area contributed by atoms with E-state index in [0.29, 0.717) is 40.7 Å². The van der Waals surface area contributed by atoms with Crippen molar-refractivity contribution in [1.82, 2.24) is 10.2 Å². The molecular formula is C31H37Cl2N3O5S2. The van der Waals surface area contributed by atoms with Crippen LogP contribution in [0.25, 0.3) is 0 Å². The van der Waals surface area contributed by atoms with Crippen molar-refractivity contribution in [2.45, 2.75) is 56.0 Å². The molecule has 0 unspecified atom stereocenters. The molecule has 1 N–H and O–H groups in total. The lowest BCUT2D eigenvalue weighted by atomic mass is 10.1. The highest BCUT2D eigenvalue weighted by Gasteiger charge is 2.35. The van der Waals surface area contributed by atoms with Gasteiger partial charge in [-0.05, 0) is 80.1 Å². The number of thioether (sulfide) groups is 1. The molecule has 0 aliphatic heterocycles. The van der Waals surface area contributed by atoms with Crippen molar-refractivity contribution < 1.29 is 22.7 Å². The summed E-state index contributed by atoms with van der Waals surface area (Å²) < 4.78 is 35.2. The molecule has 0 spiro atoms. The lowest BCUT2D eigenvalue weighted by molar-refractivity contribution is -0.140. The van der Waals surface area contributed by atoms with E-state index in [4.69, 9.17) is 27.9 Å². The molecule has 0 saturated heterocycles. The second kappa shape index (κ2) is 16.2. The largest absolute Gasteiger partial charge is 0.492 e. The molecule has 0 radical (unpaired) electrons. The van der Waals surface area contributed by atoms with Crippen LogP contribution in [0.1, 0.15) is 39.2 Å². The van der Waals surface area contributed by atoms with Crippen LogP contribution in [0.2, 0.25) is 10.0 Å². The Balaban J connectivity index is 2.13. The number of sulfonamides is 1. The Kier molecular flexibility index (Phi) is 13.1. The number of ether oxygens (including phenoxy) is 1. The van der Waals surface area contributed by atoms with Gasteiger partial charge in [-0.3, -0.25) is 13.9 Å². The SMILES string of the molecule is CCCNC(=O)[C@@H](CC)N(Cc1ccc(Cl)cc1Cl)C(=O)CN(c1ccccc1OCC)S(=O)(=O)c1ccc(SC)cc1. The van der Waals surface area contributed by atoms with Crippen molar-refractivity contribution in [2.75, 3.05) is 30.3 Å². The van der Waals surface area contributed by atoms with E-state index in [-0.39, 0.29) is 29.6 Å². The van der Waals surface area contributed by atoms with Crippen LogP contribution in [0.15, 0.2) is 76.5 Å². The smallest absolute Gasteiger partial charge is 0.264 e. The number of rotatable bonds is 15. The molecule has 2 amide bonds. The number of anilines is 1. The quantitative estimate of drug-likeness (QED) is 0.183. The van der Waals surface area contributed by atoms with Gasteiger partial charge in [0.2, 0.25) is 11.8 Å². The third-order valence-corrected chi connectivity index (χ3v) is 9.76. The molecule has 3 aromatic rings. The van der Waals surface area contributed by atoms with Gasteiger partial charge in [0.05, 0.1) is 17.2 Å². The first-order chi connectivity index (χ1) is 20.6. The summed E-state index contributed by atoms with van der Waals surface area (Å²) >= 11 is 14.1. The van der Waals surface area contributed by atoms with E-state index in [2.05, 4.69) is 5.32 Å². The van der Waals surface area contributed by atoms with Crippen molar-refractivity contribution in [3.63, 3.8) is 0 Å². The number of benzene rings is 3. The molecule has 0 aliphatic carbocycles. The minimum absolute atomic E-state index is 0.0180. The van der Waals surface area contributed by atoms with Gasteiger partial charge >= 0.3 is 0 Å². The van der Waals surface area contributed by atoms with Crippen LogP contribution in [0.4, 0.5) is 5.69 Å². The number of nitrogens with zero attached hydrogens (tertiary/aromatic N) is 2. The van der Waals surface area contributed by atoms with Gasteiger partial charge in [-0.25, -0.2) is 8.42 Å². The average molecular weight is 667 g/mol. The van der Waals surface area contributed by atoms with Crippen molar-refractivity contribution in [3.8, 4) is 5.75 Å². The molecular weight excluding hydrogens is 629 g/mol. The topological polar surface area (TPSA) is 96.0 Å². The van der Waals surface area contributed by atoms with Gasteiger partial charge in [0.25, 0.3) is 10.0 Å². The van der Waals surface area contributed by atoms with Gasteiger partial charge in [-0.15, -0.1) is 11.8 Å². The Morgan fingerprint density at radius 1 is 1.00 bits per heavy atom. The minimum Gasteiger partial charge on any atom is -0.492 e. The fraction of sp³-hybridized carbons (Fsp3) is 0.355. The zero-order valence-corrected chi connectivity index (χ0v) is 27.8.